The summed E-state index contributed by atoms with van der Waals surface area (Å²) >= 11 is 0. The van der Waals surface area contributed by atoms with Crippen LogP contribution in [0, 0.1) is 11.8 Å². The second-order valence-corrected chi connectivity index (χ2v) is 3.04. The van der Waals surface area contributed by atoms with Crippen LogP contribution >= 0.6 is 0 Å². The summed E-state index contributed by atoms with van der Waals surface area (Å²) < 4.78 is 0. The van der Waals surface area contributed by atoms with Crippen molar-refractivity contribution in [2.24, 2.45) is 0 Å². The van der Waals surface area contributed by atoms with Gasteiger partial charge in [0.1, 0.15) is 5.92 Å². The number of amides is 1. The third-order valence-corrected chi connectivity index (χ3v) is 2.22. The Labute approximate surface area is 81.9 Å². The molecule has 0 aromatic heterocycles. The Balaban J connectivity index is 2.56. The fraction of sp³-hybridized carbons (Fsp3) is 0.182. The molecule has 1 aromatic carbocycles. The van der Waals surface area contributed by atoms with E-state index in [-0.39, 0.29) is 5.91 Å². The molecule has 1 heterocycles. The minimum Gasteiger partial charge on any atom is -0.281 e. The maximum atomic E-state index is 11.5. The van der Waals surface area contributed by atoms with Crippen molar-refractivity contribution < 1.29 is 10.0 Å². The number of nitrogens with zero attached hydrogens (tertiary/aromatic N) is 1. The van der Waals surface area contributed by atoms with Crippen molar-refractivity contribution in [2.75, 3.05) is 5.06 Å². The lowest BCUT2D eigenvalue weighted by Gasteiger charge is -2.05. The van der Waals surface area contributed by atoms with Crippen LogP contribution in [0.25, 0.3) is 0 Å². The van der Waals surface area contributed by atoms with Gasteiger partial charge >= 0.3 is 0 Å². The lowest BCUT2D eigenvalue weighted by Crippen LogP contribution is -2.24. The van der Waals surface area contributed by atoms with Crippen LogP contribution in [0.5, 0.6) is 0 Å². The van der Waals surface area contributed by atoms with Gasteiger partial charge in [-0.15, -0.1) is 5.92 Å². The van der Waals surface area contributed by atoms with Crippen molar-refractivity contribution in [1.82, 2.24) is 0 Å². The van der Waals surface area contributed by atoms with Crippen LogP contribution in [-0.4, -0.2) is 11.1 Å². The highest BCUT2D eigenvalue weighted by atomic mass is 16.5. The highest BCUT2D eigenvalue weighted by Crippen LogP contribution is 2.35. The SMILES string of the molecule is CC#CC1C(=O)N(O)c2ccccc21. The number of rotatable bonds is 0. The van der Waals surface area contributed by atoms with Gasteiger partial charge in [-0.25, -0.2) is 0 Å². The molecule has 1 aromatic rings. The van der Waals surface area contributed by atoms with E-state index in [4.69, 9.17) is 0 Å². The fourth-order valence-corrected chi connectivity index (χ4v) is 1.58. The molecule has 0 aliphatic carbocycles. The molecule has 1 aliphatic heterocycles. The summed E-state index contributed by atoms with van der Waals surface area (Å²) in [6.07, 6.45) is 0. The van der Waals surface area contributed by atoms with E-state index in [1.54, 1.807) is 25.1 Å². The Morgan fingerprint density at radius 2 is 2.14 bits per heavy atom. The summed E-state index contributed by atoms with van der Waals surface area (Å²) in [6, 6.07) is 7.11. The monoisotopic (exact) mass is 187 g/mol. The molecule has 1 amide bonds. The first kappa shape index (κ1) is 8.79. The Hall–Kier alpha value is -1.79. The summed E-state index contributed by atoms with van der Waals surface area (Å²) in [7, 11) is 0. The van der Waals surface area contributed by atoms with Gasteiger partial charge in [0.05, 0.1) is 5.69 Å². The molecule has 0 bridgehead atoms. The summed E-state index contributed by atoms with van der Waals surface area (Å²) in [4.78, 5) is 11.5. The quantitative estimate of drug-likeness (QED) is 0.494. The zero-order valence-corrected chi connectivity index (χ0v) is 7.69. The maximum absolute atomic E-state index is 11.5. The van der Waals surface area contributed by atoms with Gasteiger partial charge in [-0.05, 0) is 13.0 Å². The number of carbonyl (C=O) groups is 1. The minimum absolute atomic E-state index is 0.374. The van der Waals surface area contributed by atoms with E-state index < -0.39 is 5.92 Å². The Bertz CT molecular complexity index is 442. The molecule has 0 radical (unpaired) electrons. The maximum Gasteiger partial charge on any atom is 0.270 e. The van der Waals surface area contributed by atoms with E-state index in [1.807, 2.05) is 6.07 Å². The second kappa shape index (κ2) is 3.17. The van der Waals surface area contributed by atoms with Crippen molar-refractivity contribution in [3.63, 3.8) is 0 Å². The molecule has 3 nitrogen and oxygen atoms in total. The summed E-state index contributed by atoms with van der Waals surface area (Å²) in [6.45, 7) is 1.68. The average molecular weight is 187 g/mol. The molecule has 3 heteroatoms. The number of hydroxylamine groups is 1. The van der Waals surface area contributed by atoms with E-state index in [2.05, 4.69) is 11.8 Å². The molecule has 0 saturated carbocycles. The first-order chi connectivity index (χ1) is 6.75. The molecule has 0 fully saturated rings. The molecule has 1 unspecified atom stereocenters. The average Bonchev–Trinajstić information content (AvgIpc) is 2.45. The topological polar surface area (TPSA) is 40.5 Å². The van der Waals surface area contributed by atoms with E-state index in [0.717, 1.165) is 5.56 Å². The number of hydrogen-bond donors (Lipinski definition) is 1. The predicted octanol–water partition coefficient (Wildman–Crippen LogP) is 1.53. The van der Waals surface area contributed by atoms with Crippen molar-refractivity contribution in [2.45, 2.75) is 12.8 Å². The number of anilines is 1. The standard InChI is InChI=1S/C11H9NO2/c1-2-5-9-8-6-3-4-7-10(8)12(14)11(9)13/h3-4,6-7,9,14H,1H3. The predicted molar refractivity (Wildman–Crippen MR) is 51.9 cm³/mol. The molecule has 70 valence electrons. The second-order valence-electron chi connectivity index (χ2n) is 3.04. The molecule has 1 aliphatic rings. The molecule has 2 rings (SSSR count). The zero-order chi connectivity index (χ0) is 10.1. The van der Waals surface area contributed by atoms with Crippen LogP contribution in [0.1, 0.15) is 18.4 Å². The number of benzene rings is 1. The first-order valence-electron chi connectivity index (χ1n) is 4.29. The number of fused-ring (bicyclic) bond motifs is 1. The van der Waals surface area contributed by atoms with Gasteiger partial charge in [-0.2, -0.15) is 5.06 Å². The molecule has 0 saturated heterocycles. The van der Waals surface area contributed by atoms with Crippen molar-refractivity contribution in [3.05, 3.63) is 29.8 Å². The third kappa shape index (κ3) is 1.09. The highest BCUT2D eigenvalue weighted by Gasteiger charge is 2.35. The number of para-hydroxylation sites is 1. The number of hydrogen-bond acceptors (Lipinski definition) is 2. The first-order valence-corrected chi connectivity index (χ1v) is 4.29. The van der Waals surface area contributed by atoms with Gasteiger partial charge in [-0.1, -0.05) is 24.1 Å². The van der Waals surface area contributed by atoms with Crippen LogP contribution in [0.4, 0.5) is 5.69 Å². The van der Waals surface area contributed by atoms with Crippen LogP contribution in [0.2, 0.25) is 0 Å². The molecule has 1 N–H and O–H groups in total. The van der Waals surface area contributed by atoms with Gasteiger partial charge in [0.25, 0.3) is 5.91 Å². The van der Waals surface area contributed by atoms with Gasteiger partial charge in [0.15, 0.2) is 0 Å². The zero-order valence-electron chi connectivity index (χ0n) is 7.69. The van der Waals surface area contributed by atoms with E-state index >= 15 is 0 Å². The Morgan fingerprint density at radius 3 is 2.86 bits per heavy atom. The lowest BCUT2D eigenvalue weighted by atomic mass is 10.0. The van der Waals surface area contributed by atoms with Crippen LogP contribution in [0.3, 0.4) is 0 Å². The van der Waals surface area contributed by atoms with Crippen LogP contribution < -0.4 is 5.06 Å². The largest absolute Gasteiger partial charge is 0.281 e. The van der Waals surface area contributed by atoms with Crippen molar-refractivity contribution in [1.29, 1.82) is 0 Å². The van der Waals surface area contributed by atoms with Crippen molar-refractivity contribution >= 4 is 11.6 Å². The van der Waals surface area contributed by atoms with E-state index in [9.17, 15) is 10.0 Å². The summed E-state index contributed by atoms with van der Waals surface area (Å²) in [5.41, 5.74) is 1.31. The number of carbonyl (C=O) groups excluding carboxylic acids is 1. The van der Waals surface area contributed by atoms with Crippen LogP contribution in [-0.2, 0) is 4.79 Å². The van der Waals surface area contributed by atoms with Crippen molar-refractivity contribution in [3.8, 4) is 11.8 Å². The Morgan fingerprint density at radius 1 is 1.43 bits per heavy atom. The fourth-order valence-electron chi connectivity index (χ4n) is 1.58. The van der Waals surface area contributed by atoms with E-state index in [1.165, 1.54) is 0 Å². The molecular formula is C11H9NO2. The third-order valence-electron chi connectivity index (χ3n) is 2.22. The molecule has 14 heavy (non-hydrogen) atoms. The summed E-state index contributed by atoms with van der Waals surface area (Å²) in [5.74, 6) is 4.59. The summed E-state index contributed by atoms with van der Waals surface area (Å²) in [5, 5.41) is 10.1. The molecule has 0 spiro atoms. The lowest BCUT2D eigenvalue weighted by molar-refractivity contribution is -0.122. The molecular weight excluding hydrogens is 178 g/mol. The normalized spacial score (nSPS) is 18.9. The van der Waals surface area contributed by atoms with Gasteiger partial charge < -0.3 is 0 Å². The van der Waals surface area contributed by atoms with Gasteiger partial charge in [0.2, 0.25) is 0 Å². The van der Waals surface area contributed by atoms with Gasteiger partial charge in [-0.3, -0.25) is 10.0 Å². The van der Waals surface area contributed by atoms with Gasteiger partial charge in [0, 0.05) is 5.56 Å². The highest BCUT2D eigenvalue weighted by molar-refractivity contribution is 6.05. The smallest absolute Gasteiger partial charge is 0.270 e. The van der Waals surface area contributed by atoms with E-state index in [0.29, 0.717) is 10.8 Å². The molecule has 1 atom stereocenters. The van der Waals surface area contributed by atoms with Crippen LogP contribution in [0.15, 0.2) is 24.3 Å². The Kier molecular flexibility index (Phi) is 1.99. The minimum atomic E-state index is -0.513.